The SMILES string of the molecule is COc1ccc(Cn2nc(-c3cccs3)c(Cc3cc4c(cc3Cl)OCO4)c2C(=O)O)c(OCC(=O)O)c1. The minimum atomic E-state index is -1.17. The predicted molar refractivity (Wildman–Crippen MR) is 138 cm³/mol. The van der Waals surface area contributed by atoms with E-state index in [1.54, 1.807) is 30.3 Å². The number of benzene rings is 2. The molecule has 4 aromatic rings. The lowest BCUT2D eigenvalue weighted by Crippen LogP contribution is -2.15. The molecule has 0 amide bonds. The number of methoxy groups -OCH3 is 1. The molecule has 0 bridgehead atoms. The smallest absolute Gasteiger partial charge is 0.354 e. The summed E-state index contributed by atoms with van der Waals surface area (Å²) in [4.78, 5) is 24.5. The maximum Gasteiger partial charge on any atom is 0.354 e. The second-order valence-electron chi connectivity index (χ2n) is 8.25. The van der Waals surface area contributed by atoms with Crippen molar-refractivity contribution in [2.75, 3.05) is 20.5 Å². The number of nitrogens with zero attached hydrogens (tertiary/aromatic N) is 2. The lowest BCUT2D eigenvalue weighted by Gasteiger charge is -2.13. The molecular formula is C26H21ClN2O8S. The Balaban J connectivity index is 1.60. The Morgan fingerprint density at radius 2 is 1.92 bits per heavy atom. The summed E-state index contributed by atoms with van der Waals surface area (Å²) >= 11 is 7.96. The predicted octanol–water partition coefficient (Wildman–Crippen LogP) is 4.80. The fraction of sp³-hybridized carbons (Fsp3) is 0.192. The molecule has 196 valence electrons. The molecule has 0 aliphatic carbocycles. The van der Waals surface area contributed by atoms with Gasteiger partial charge in [-0.1, -0.05) is 17.7 Å². The van der Waals surface area contributed by atoms with Gasteiger partial charge >= 0.3 is 11.9 Å². The Bertz CT molecular complexity index is 1520. The number of carboxylic acids is 2. The number of aromatic carboxylic acids is 1. The highest BCUT2D eigenvalue weighted by Gasteiger charge is 2.27. The van der Waals surface area contributed by atoms with Crippen molar-refractivity contribution in [2.45, 2.75) is 13.0 Å². The molecule has 10 nitrogen and oxygen atoms in total. The maximum atomic E-state index is 12.6. The Kier molecular flexibility index (Phi) is 7.12. The van der Waals surface area contributed by atoms with Gasteiger partial charge in [0.05, 0.1) is 18.5 Å². The van der Waals surface area contributed by atoms with E-state index in [9.17, 15) is 14.7 Å². The summed E-state index contributed by atoms with van der Waals surface area (Å²) in [5.74, 6) is -0.549. The zero-order valence-electron chi connectivity index (χ0n) is 20.0. The van der Waals surface area contributed by atoms with Crippen LogP contribution in [0.2, 0.25) is 5.02 Å². The second-order valence-corrected chi connectivity index (χ2v) is 9.60. The van der Waals surface area contributed by atoms with Crippen molar-refractivity contribution in [1.82, 2.24) is 9.78 Å². The minimum Gasteiger partial charge on any atom is -0.497 e. The first-order chi connectivity index (χ1) is 18.3. The standard InChI is InChI=1S/C26H21ClN2O8S/c1-34-16-5-4-14(19(9-16)35-12-23(30)31)11-29-25(26(32)33)17(24(28-29)22-3-2-6-38-22)7-15-8-20-21(10-18(15)27)37-13-36-20/h2-6,8-10H,7,11-13H2,1H3,(H,30,31)(H,32,33). The van der Waals surface area contributed by atoms with Crippen LogP contribution in [0.3, 0.4) is 0 Å². The van der Waals surface area contributed by atoms with E-state index in [-0.39, 0.29) is 31.2 Å². The van der Waals surface area contributed by atoms with Gasteiger partial charge in [-0.15, -0.1) is 11.3 Å². The van der Waals surface area contributed by atoms with E-state index in [0.717, 1.165) is 4.88 Å². The molecule has 2 aromatic heterocycles. The lowest BCUT2D eigenvalue weighted by molar-refractivity contribution is -0.139. The van der Waals surface area contributed by atoms with Gasteiger partial charge in [-0.2, -0.15) is 5.10 Å². The topological polar surface area (TPSA) is 129 Å². The summed E-state index contributed by atoms with van der Waals surface area (Å²) in [5.41, 5.74) is 2.14. The molecule has 12 heteroatoms. The number of hydrogen-bond donors (Lipinski definition) is 2. The number of hydrogen-bond acceptors (Lipinski definition) is 8. The van der Waals surface area contributed by atoms with Crippen LogP contribution in [0.1, 0.15) is 27.2 Å². The molecule has 0 atom stereocenters. The van der Waals surface area contributed by atoms with Gasteiger partial charge < -0.3 is 29.2 Å². The molecule has 0 saturated heterocycles. The van der Waals surface area contributed by atoms with Gasteiger partial charge in [-0.05, 0) is 35.2 Å². The van der Waals surface area contributed by atoms with Gasteiger partial charge in [0.2, 0.25) is 6.79 Å². The van der Waals surface area contributed by atoms with Gasteiger partial charge in [0.1, 0.15) is 17.2 Å². The third kappa shape index (κ3) is 5.11. The average molecular weight is 557 g/mol. The van der Waals surface area contributed by atoms with E-state index < -0.39 is 18.5 Å². The summed E-state index contributed by atoms with van der Waals surface area (Å²) in [5, 5.41) is 26.4. The van der Waals surface area contributed by atoms with Crippen molar-refractivity contribution < 1.29 is 38.7 Å². The van der Waals surface area contributed by atoms with E-state index in [0.29, 0.717) is 44.7 Å². The van der Waals surface area contributed by atoms with E-state index in [1.165, 1.54) is 23.1 Å². The molecule has 0 saturated carbocycles. The molecule has 0 spiro atoms. The lowest BCUT2D eigenvalue weighted by atomic mass is 10.0. The number of ether oxygens (including phenoxy) is 4. The van der Waals surface area contributed by atoms with Crippen LogP contribution in [-0.4, -0.2) is 52.4 Å². The number of carboxylic acid groups (broad SMARTS) is 2. The third-order valence-electron chi connectivity index (χ3n) is 5.86. The quantitative estimate of drug-likeness (QED) is 0.283. The van der Waals surface area contributed by atoms with Crippen LogP contribution in [0.4, 0.5) is 0 Å². The average Bonchev–Trinajstić information content (AvgIpc) is 3.64. The van der Waals surface area contributed by atoms with Crippen LogP contribution in [0.25, 0.3) is 10.6 Å². The van der Waals surface area contributed by atoms with Crippen molar-refractivity contribution in [3.05, 3.63) is 75.3 Å². The fourth-order valence-corrected chi connectivity index (χ4v) is 5.10. The highest BCUT2D eigenvalue weighted by atomic mass is 35.5. The van der Waals surface area contributed by atoms with E-state index >= 15 is 0 Å². The highest BCUT2D eigenvalue weighted by Crippen LogP contribution is 2.39. The van der Waals surface area contributed by atoms with Crippen molar-refractivity contribution in [2.24, 2.45) is 0 Å². The van der Waals surface area contributed by atoms with Crippen LogP contribution in [0.5, 0.6) is 23.0 Å². The Morgan fingerprint density at radius 1 is 1.13 bits per heavy atom. The summed E-state index contributed by atoms with van der Waals surface area (Å²) < 4.78 is 23.0. The molecule has 0 radical (unpaired) electrons. The zero-order valence-corrected chi connectivity index (χ0v) is 21.5. The zero-order chi connectivity index (χ0) is 26.8. The van der Waals surface area contributed by atoms with Gasteiger partial charge in [0.25, 0.3) is 0 Å². The van der Waals surface area contributed by atoms with Gasteiger partial charge in [0.15, 0.2) is 23.8 Å². The van der Waals surface area contributed by atoms with Crippen LogP contribution < -0.4 is 18.9 Å². The van der Waals surface area contributed by atoms with E-state index in [2.05, 4.69) is 0 Å². The molecule has 5 rings (SSSR count). The molecule has 2 N–H and O–H groups in total. The number of aliphatic carboxylic acids is 1. The number of thiophene rings is 1. The highest BCUT2D eigenvalue weighted by molar-refractivity contribution is 7.13. The first kappa shape index (κ1) is 25.4. The second kappa shape index (κ2) is 10.6. The maximum absolute atomic E-state index is 12.6. The van der Waals surface area contributed by atoms with Crippen LogP contribution in [0.15, 0.2) is 47.8 Å². The number of fused-ring (bicyclic) bond motifs is 1. The molecule has 0 unspecified atom stereocenters. The van der Waals surface area contributed by atoms with Gasteiger partial charge in [-0.25, -0.2) is 9.59 Å². The van der Waals surface area contributed by atoms with E-state index in [4.69, 9.17) is 40.8 Å². The molecule has 1 aliphatic rings. The van der Waals surface area contributed by atoms with Gasteiger partial charge in [0, 0.05) is 34.7 Å². The number of carbonyl (C=O) groups is 2. The molecule has 3 heterocycles. The number of rotatable bonds is 10. The molecule has 0 fully saturated rings. The minimum absolute atomic E-state index is 0.00776. The Hall–Kier alpha value is -4.22. The molecule has 2 aromatic carbocycles. The summed E-state index contributed by atoms with van der Waals surface area (Å²) in [6, 6.07) is 12.0. The Morgan fingerprint density at radius 3 is 2.61 bits per heavy atom. The molecular weight excluding hydrogens is 536 g/mol. The van der Waals surface area contributed by atoms with Gasteiger partial charge in [-0.3, -0.25) is 4.68 Å². The van der Waals surface area contributed by atoms with E-state index in [1.807, 2.05) is 17.5 Å². The summed E-state index contributed by atoms with van der Waals surface area (Å²) in [7, 11) is 1.48. The van der Waals surface area contributed by atoms with Crippen LogP contribution in [0, 0.1) is 0 Å². The van der Waals surface area contributed by atoms with Crippen molar-refractivity contribution >= 4 is 34.9 Å². The molecule has 38 heavy (non-hydrogen) atoms. The molecule has 1 aliphatic heterocycles. The first-order valence-corrected chi connectivity index (χ1v) is 12.6. The van der Waals surface area contributed by atoms with Crippen LogP contribution in [-0.2, 0) is 17.8 Å². The number of aromatic nitrogens is 2. The van der Waals surface area contributed by atoms with Crippen molar-refractivity contribution in [3.63, 3.8) is 0 Å². The van der Waals surface area contributed by atoms with Crippen molar-refractivity contribution in [3.8, 4) is 33.6 Å². The van der Waals surface area contributed by atoms with Crippen molar-refractivity contribution in [1.29, 1.82) is 0 Å². The third-order valence-corrected chi connectivity index (χ3v) is 7.09. The summed E-state index contributed by atoms with van der Waals surface area (Å²) in [6.45, 7) is -0.477. The summed E-state index contributed by atoms with van der Waals surface area (Å²) in [6.07, 6.45) is 0.176. The largest absolute Gasteiger partial charge is 0.497 e. The fourth-order valence-electron chi connectivity index (χ4n) is 4.14. The Labute approximate surface area is 225 Å². The van der Waals surface area contributed by atoms with Crippen LogP contribution >= 0.6 is 22.9 Å². The first-order valence-electron chi connectivity index (χ1n) is 11.3. The normalized spacial score (nSPS) is 11.9. The monoisotopic (exact) mass is 556 g/mol. The number of halogens is 1.